The van der Waals surface area contributed by atoms with E-state index in [-0.39, 0.29) is 6.29 Å². The van der Waals surface area contributed by atoms with E-state index in [1.54, 1.807) is 0 Å². The molecule has 0 amide bonds. The Morgan fingerprint density at radius 2 is 1.80 bits per heavy atom. The highest BCUT2D eigenvalue weighted by molar-refractivity contribution is 5.58. The number of aliphatic hydroxyl groups is 4. The van der Waals surface area contributed by atoms with Crippen LogP contribution in [0.4, 0.5) is 0 Å². The molecule has 0 spiro atoms. The molecular weight excluding hydrogens is 140 g/mol. The van der Waals surface area contributed by atoms with Gasteiger partial charge in [0.05, 0.1) is 13.2 Å². The van der Waals surface area contributed by atoms with Crippen LogP contribution in [0.25, 0.3) is 0 Å². The van der Waals surface area contributed by atoms with E-state index in [1.165, 1.54) is 0 Å². The van der Waals surface area contributed by atoms with Crippen LogP contribution in [0, 0.1) is 0 Å². The lowest BCUT2D eigenvalue weighted by atomic mass is 10.0. The van der Waals surface area contributed by atoms with E-state index in [2.05, 4.69) is 0 Å². The fourth-order valence-electron chi connectivity index (χ4n) is 0.364. The van der Waals surface area contributed by atoms with Gasteiger partial charge in [0.2, 0.25) is 0 Å². The van der Waals surface area contributed by atoms with Crippen LogP contribution in [0.1, 0.15) is 0 Å². The van der Waals surface area contributed by atoms with E-state index in [1.807, 2.05) is 0 Å². The third-order valence-electron chi connectivity index (χ3n) is 1.23. The number of hydrogen-bond donors (Lipinski definition) is 4. The fraction of sp³-hybridized carbons (Fsp3) is 0.800. The van der Waals surface area contributed by atoms with Gasteiger partial charge in [-0.05, 0) is 0 Å². The first-order valence-electron chi connectivity index (χ1n) is 2.68. The van der Waals surface area contributed by atoms with Gasteiger partial charge in [-0.1, -0.05) is 0 Å². The Morgan fingerprint density at radius 3 is 1.90 bits per heavy atom. The molecule has 0 heterocycles. The zero-order valence-electron chi connectivity index (χ0n) is 5.27. The molecule has 1 atom stereocenters. The summed E-state index contributed by atoms with van der Waals surface area (Å²) in [6.07, 6.45) is -1.70. The molecule has 0 radical (unpaired) electrons. The van der Waals surface area contributed by atoms with E-state index in [0.29, 0.717) is 0 Å². The van der Waals surface area contributed by atoms with E-state index in [0.717, 1.165) is 0 Å². The minimum absolute atomic E-state index is 0.0481. The van der Waals surface area contributed by atoms with Crippen molar-refractivity contribution >= 4 is 6.29 Å². The van der Waals surface area contributed by atoms with Crippen molar-refractivity contribution in [2.75, 3.05) is 13.2 Å². The third kappa shape index (κ3) is 1.74. The summed E-state index contributed by atoms with van der Waals surface area (Å²) in [5.74, 6) is 0. The highest BCUT2D eigenvalue weighted by Crippen LogP contribution is 2.06. The Morgan fingerprint density at radius 1 is 1.40 bits per heavy atom. The molecule has 0 aliphatic rings. The van der Waals surface area contributed by atoms with E-state index >= 15 is 0 Å². The number of rotatable bonds is 4. The molecule has 0 rings (SSSR count). The number of aliphatic hydroxyl groups excluding tert-OH is 3. The Labute approximate surface area is 57.5 Å². The zero-order chi connectivity index (χ0) is 8.20. The topological polar surface area (TPSA) is 98.0 Å². The molecule has 0 aliphatic carbocycles. The number of aldehydes is 1. The van der Waals surface area contributed by atoms with Crippen molar-refractivity contribution in [3.05, 3.63) is 0 Å². The van der Waals surface area contributed by atoms with Gasteiger partial charge in [-0.3, -0.25) is 0 Å². The normalized spacial score (nSPS) is 14.8. The second-order valence-electron chi connectivity index (χ2n) is 2.00. The summed E-state index contributed by atoms with van der Waals surface area (Å²) in [4.78, 5) is 9.84. The van der Waals surface area contributed by atoms with Gasteiger partial charge in [-0.2, -0.15) is 0 Å². The third-order valence-corrected chi connectivity index (χ3v) is 1.23. The van der Waals surface area contributed by atoms with Crippen molar-refractivity contribution in [1.82, 2.24) is 0 Å². The molecule has 1 unspecified atom stereocenters. The van der Waals surface area contributed by atoms with Gasteiger partial charge in [0.25, 0.3) is 0 Å². The zero-order valence-corrected chi connectivity index (χ0v) is 5.27. The van der Waals surface area contributed by atoms with Crippen LogP contribution < -0.4 is 0 Å². The Hall–Kier alpha value is -0.490. The molecule has 10 heavy (non-hydrogen) atoms. The first kappa shape index (κ1) is 9.51. The summed E-state index contributed by atoms with van der Waals surface area (Å²) in [7, 11) is 0. The van der Waals surface area contributed by atoms with Crippen molar-refractivity contribution in [3.8, 4) is 0 Å². The van der Waals surface area contributed by atoms with E-state index < -0.39 is 24.9 Å². The van der Waals surface area contributed by atoms with Gasteiger partial charge in [0.15, 0.2) is 6.29 Å². The first-order chi connectivity index (χ1) is 4.60. The van der Waals surface area contributed by atoms with Crippen molar-refractivity contribution in [2.45, 2.75) is 11.7 Å². The maximum Gasteiger partial charge on any atom is 0.151 e. The standard InChI is InChI=1S/C5H10O5/c6-1-4(9)5(10,2-7)3-8/h1,4,7-10H,2-3H2. The predicted octanol–water partition coefficient (Wildman–Crippen LogP) is -2.74. The maximum atomic E-state index is 9.84. The summed E-state index contributed by atoms with van der Waals surface area (Å²) in [5.41, 5.74) is -2.11. The first-order valence-corrected chi connectivity index (χ1v) is 2.68. The van der Waals surface area contributed by atoms with Crippen LogP contribution in [-0.4, -0.2) is 51.6 Å². The van der Waals surface area contributed by atoms with Crippen LogP contribution >= 0.6 is 0 Å². The monoisotopic (exact) mass is 150 g/mol. The largest absolute Gasteiger partial charge is 0.393 e. The maximum absolute atomic E-state index is 9.84. The van der Waals surface area contributed by atoms with Crippen LogP contribution in [0.3, 0.4) is 0 Å². The number of hydrogen-bond acceptors (Lipinski definition) is 5. The molecule has 5 nitrogen and oxygen atoms in total. The highest BCUT2D eigenvalue weighted by atomic mass is 16.4. The van der Waals surface area contributed by atoms with Gasteiger partial charge in [-0.15, -0.1) is 0 Å². The quantitative estimate of drug-likeness (QED) is 0.326. The van der Waals surface area contributed by atoms with E-state index in [9.17, 15) is 4.79 Å². The summed E-state index contributed by atoms with van der Waals surface area (Å²) in [6.45, 7) is -1.72. The number of carbonyl (C=O) groups is 1. The smallest absolute Gasteiger partial charge is 0.151 e. The summed E-state index contributed by atoms with van der Waals surface area (Å²) >= 11 is 0. The molecule has 5 heteroatoms. The Kier molecular flexibility index (Phi) is 3.45. The molecule has 0 saturated carbocycles. The van der Waals surface area contributed by atoms with Gasteiger partial charge < -0.3 is 25.2 Å². The molecular formula is C5H10O5. The second-order valence-corrected chi connectivity index (χ2v) is 2.00. The minimum Gasteiger partial charge on any atom is -0.393 e. The van der Waals surface area contributed by atoms with Gasteiger partial charge in [0, 0.05) is 0 Å². The molecule has 0 bridgehead atoms. The molecule has 0 aliphatic heterocycles. The Balaban J connectivity index is 4.15. The van der Waals surface area contributed by atoms with Gasteiger partial charge >= 0.3 is 0 Å². The molecule has 60 valence electrons. The van der Waals surface area contributed by atoms with E-state index in [4.69, 9.17) is 20.4 Å². The van der Waals surface area contributed by atoms with Gasteiger partial charge in [-0.25, -0.2) is 0 Å². The van der Waals surface area contributed by atoms with Gasteiger partial charge in [0.1, 0.15) is 11.7 Å². The lowest BCUT2D eigenvalue weighted by molar-refractivity contribution is -0.147. The van der Waals surface area contributed by atoms with Crippen molar-refractivity contribution in [1.29, 1.82) is 0 Å². The van der Waals surface area contributed by atoms with Crippen molar-refractivity contribution in [2.24, 2.45) is 0 Å². The molecule has 0 aromatic heterocycles. The average molecular weight is 150 g/mol. The lowest BCUT2D eigenvalue weighted by Crippen LogP contribution is -2.49. The summed E-state index contributed by atoms with van der Waals surface area (Å²) < 4.78 is 0. The van der Waals surface area contributed by atoms with Crippen molar-refractivity contribution in [3.63, 3.8) is 0 Å². The molecule has 0 aromatic rings. The fourth-order valence-corrected chi connectivity index (χ4v) is 0.364. The number of carbonyl (C=O) groups excluding carboxylic acids is 1. The average Bonchev–Trinajstić information content (AvgIpc) is 2.01. The molecule has 0 fully saturated rings. The molecule has 4 N–H and O–H groups in total. The molecule has 0 aromatic carbocycles. The van der Waals surface area contributed by atoms with Crippen LogP contribution in [0.5, 0.6) is 0 Å². The summed E-state index contributed by atoms with van der Waals surface area (Å²) in [6, 6.07) is 0. The second kappa shape index (κ2) is 3.62. The minimum atomic E-state index is -2.11. The van der Waals surface area contributed by atoms with Crippen LogP contribution in [-0.2, 0) is 4.79 Å². The lowest BCUT2D eigenvalue weighted by Gasteiger charge is -2.24. The summed E-state index contributed by atoms with van der Waals surface area (Å²) in [5, 5.41) is 34.3. The van der Waals surface area contributed by atoms with Crippen LogP contribution in [0.2, 0.25) is 0 Å². The van der Waals surface area contributed by atoms with Crippen molar-refractivity contribution < 1.29 is 25.2 Å². The highest BCUT2D eigenvalue weighted by Gasteiger charge is 2.33. The Bertz CT molecular complexity index is 109. The predicted molar refractivity (Wildman–Crippen MR) is 31.2 cm³/mol. The molecule has 0 saturated heterocycles. The van der Waals surface area contributed by atoms with Crippen LogP contribution in [0.15, 0.2) is 0 Å². The SMILES string of the molecule is O=CC(O)C(O)(CO)CO.